The molecule has 0 saturated carbocycles. The van der Waals surface area contributed by atoms with Crippen LogP contribution in [0.25, 0.3) is 0 Å². The molecule has 1 rings (SSSR count). The summed E-state index contributed by atoms with van der Waals surface area (Å²) in [5.41, 5.74) is 3.56. The van der Waals surface area contributed by atoms with Crippen LogP contribution in [-0.4, -0.2) is 24.3 Å². The Bertz CT molecular complexity index is 346. The Hall–Kier alpha value is -1.35. The summed E-state index contributed by atoms with van der Waals surface area (Å²) < 4.78 is 4.89. The van der Waals surface area contributed by atoms with Crippen molar-refractivity contribution in [3.63, 3.8) is 0 Å². The summed E-state index contributed by atoms with van der Waals surface area (Å²) in [6, 6.07) is 3.89. The zero-order valence-electron chi connectivity index (χ0n) is 9.33. The number of hydrogen-bond acceptors (Lipinski definition) is 3. The lowest BCUT2D eigenvalue weighted by Crippen LogP contribution is -2.12. The number of benzene rings is 1. The fourth-order valence-electron chi connectivity index (χ4n) is 1.71. The van der Waals surface area contributed by atoms with Gasteiger partial charge in [0.1, 0.15) is 6.61 Å². The third-order valence-corrected chi connectivity index (χ3v) is 2.21. The van der Waals surface area contributed by atoms with Gasteiger partial charge in [-0.15, -0.1) is 0 Å². The fourth-order valence-corrected chi connectivity index (χ4v) is 1.71. The first-order chi connectivity index (χ1) is 7.06. The van der Waals surface area contributed by atoms with Gasteiger partial charge in [-0.25, -0.2) is 4.79 Å². The predicted octanol–water partition coefficient (Wildman–Crippen LogP) is 1.76. The predicted molar refractivity (Wildman–Crippen MR) is 58.0 cm³/mol. The molecule has 0 aliphatic carbocycles. The summed E-state index contributed by atoms with van der Waals surface area (Å²) in [7, 11) is 0. The minimum absolute atomic E-state index is 0.0472. The van der Waals surface area contributed by atoms with Gasteiger partial charge in [-0.2, -0.15) is 0 Å². The van der Waals surface area contributed by atoms with Gasteiger partial charge < -0.3 is 9.84 Å². The highest BCUT2D eigenvalue weighted by Crippen LogP contribution is 2.17. The Morgan fingerprint density at radius 3 is 2.27 bits per heavy atom. The van der Waals surface area contributed by atoms with Gasteiger partial charge in [-0.3, -0.25) is 0 Å². The third kappa shape index (κ3) is 2.80. The molecule has 0 heterocycles. The molecule has 0 aliphatic heterocycles. The third-order valence-electron chi connectivity index (χ3n) is 2.21. The van der Waals surface area contributed by atoms with E-state index in [2.05, 4.69) is 0 Å². The Balaban J connectivity index is 2.98. The zero-order chi connectivity index (χ0) is 11.4. The number of hydrogen-bond donors (Lipinski definition) is 1. The van der Waals surface area contributed by atoms with Crippen molar-refractivity contribution in [1.82, 2.24) is 0 Å². The highest BCUT2D eigenvalue weighted by molar-refractivity contribution is 5.92. The summed E-state index contributed by atoms with van der Waals surface area (Å²) in [4.78, 5) is 11.6. The summed E-state index contributed by atoms with van der Waals surface area (Å²) >= 11 is 0. The van der Waals surface area contributed by atoms with Crippen molar-refractivity contribution in [2.24, 2.45) is 0 Å². The SMILES string of the molecule is Cc1cc(C)c(C(=O)OCCO)c(C)c1. The fraction of sp³-hybridized carbons (Fsp3) is 0.417. The van der Waals surface area contributed by atoms with Gasteiger partial charge >= 0.3 is 5.97 Å². The van der Waals surface area contributed by atoms with Crippen LogP contribution in [0.4, 0.5) is 0 Å². The van der Waals surface area contributed by atoms with E-state index in [1.54, 1.807) is 0 Å². The van der Waals surface area contributed by atoms with Crippen LogP contribution in [-0.2, 0) is 4.74 Å². The number of carbonyl (C=O) groups is 1. The van der Waals surface area contributed by atoms with Crippen molar-refractivity contribution in [2.45, 2.75) is 20.8 Å². The van der Waals surface area contributed by atoms with Gasteiger partial charge in [-0.05, 0) is 31.9 Å². The Morgan fingerprint density at radius 1 is 1.27 bits per heavy atom. The van der Waals surface area contributed by atoms with Crippen LogP contribution in [0.2, 0.25) is 0 Å². The first kappa shape index (κ1) is 11.7. The van der Waals surface area contributed by atoms with E-state index in [1.807, 2.05) is 32.9 Å². The first-order valence-electron chi connectivity index (χ1n) is 4.92. The molecule has 3 nitrogen and oxygen atoms in total. The first-order valence-corrected chi connectivity index (χ1v) is 4.92. The minimum Gasteiger partial charge on any atom is -0.460 e. The van der Waals surface area contributed by atoms with E-state index >= 15 is 0 Å². The molecule has 0 saturated heterocycles. The van der Waals surface area contributed by atoms with Crippen LogP contribution in [0, 0.1) is 20.8 Å². The molecule has 1 aromatic rings. The number of aliphatic hydroxyl groups is 1. The number of rotatable bonds is 3. The number of aliphatic hydroxyl groups excluding tert-OH is 1. The molecule has 0 atom stereocenters. The second kappa shape index (κ2) is 4.94. The van der Waals surface area contributed by atoms with Crippen LogP contribution < -0.4 is 0 Å². The average Bonchev–Trinajstić information content (AvgIpc) is 2.12. The summed E-state index contributed by atoms with van der Waals surface area (Å²) in [6.07, 6.45) is 0. The Labute approximate surface area is 89.7 Å². The maximum atomic E-state index is 11.6. The van der Waals surface area contributed by atoms with Crippen LogP contribution in [0.1, 0.15) is 27.0 Å². The van der Waals surface area contributed by atoms with Crippen molar-refractivity contribution in [1.29, 1.82) is 0 Å². The molecule has 0 bridgehead atoms. The number of esters is 1. The molecule has 0 amide bonds. The highest BCUT2D eigenvalue weighted by Gasteiger charge is 2.13. The van der Waals surface area contributed by atoms with Gasteiger partial charge in [0.15, 0.2) is 0 Å². The van der Waals surface area contributed by atoms with Crippen molar-refractivity contribution in [3.05, 3.63) is 34.4 Å². The van der Waals surface area contributed by atoms with E-state index in [9.17, 15) is 4.79 Å². The topological polar surface area (TPSA) is 46.5 Å². The normalized spacial score (nSPS) is 10.1. The standard InChI is InChI=1S/C12H16O3/c1-8-6-9(2)11(10(3)7-8)12(14)15-5-4-13/h6-7,13H,4-5H2,1-3H3. The molecular formula is C12H16O3. The molecule has 15 heavy (non-hydrogen) atoms. The van der Waals surface area contributed by atoms with E-state index in [0.717, 1.165) is 16.7 Å². The molecule has 0 fully saturated rings. The average molecular weight is 208 g/mol. The van der Waals surface area contributed by atoms with Gasteiger partial charge in [0.2, 0.25) is 0 Å². The van der Waals surface area contributed by atoms with Crippen LogP contribution >= 0.6 is 0 Å². The minimum atomic E-state index is -0.362. The molecule has 82 valence electrons. The summed E-state index contributed by atoms with van der Waals surface area (Å²) in [5.74, 6) is -0.362. The van der Waals surface area contributed by atoms with E-state index in [-0.39, 0.29) is 19.2 Å². The summed E-state index contributed by atoms with van der Waals surface area (Å²) in [5, 5.41) is 8.57. The number of ether oxygens (including phenoxy) is 1. The maximum Gasteiger partial charge on any atom is 0.338 e. The molecule has 1 aromatic carbocycles. The van der Waals surface area contributed by atoms with Crippen molar-refractivity contribution < 1.29 is 14.6 Å². The molecule has 1 N–H and O–H groups in total. The molecule has 0 aromatic heterocycles. The van der Waals surface area contributed by atoms with Gasteiger partial charge in [-0.1, -0.05) is 17.7 Å². The Morgan fingerprint density at radius 2 is 1.80 bits per heavy atom. The summed E-state index contributed by atoms with van der Waals surface area (Å²) in [6.45, 7) is 5.66. The number of carbonyl (C=O) groups excluding carboxylic acids is 1. The smallest absolute Gasteiger partial charge is 0.338 e. The van der Waals surface area contributed by atoms with Crippen molar-refractivity contribution in [2.75, 3.05) is 13.2 Å². The van der Waals surface area contributed by atoms with Crippen LogP contribution in [0.3, 0.4) is 0 Å². The highest BCUT2D eigenvalue weighted by atomic mass is 16.5. The van der Waals surface area contributed by atoms with E-state index in [4.69, 9.17) is 9.84 Å². The molecular weight excluding hydrogens is 192 g/mol. The molecule has 0 spiro atoms. The molecule has 0 radical (unpaired) electrons. The molecule has 0 unspecified atom stereocenters. The number of aryl methyl sites for hydroxylation is 3. The van der Waals surface area contributed by atoms with Crippen molar-refractivity contribution >= 4 is 5.97 Å². The second-order valence-electron chi connectivity index (χ2n) is 3.63. The molecule has 0 aliphatic rings. The second-order valence-corrected chi connectivity index (χ2v) is 3.63. The van der Waals surface area contributed by atoms with Gasteiger partial charge in [0.05, 0.1) is 12.2 Å². The van der Waals surface area contributed by atoms with E-state index in [0.29, 0.717) is 5.56 Å². The van der Waals surface area contributed by atoms with E-state index in [1.165, 1.54) is 0 Å². The molecule has 3 heteroatoms. The van der Waals surface area contributed by atoms with Gasteiger partial charge in [0, 0.05) is 0 Å². The van der Waals surface area contributed by atoms with Crippen LogP contribution in [0.5, 0.6) is 0 Å². The largest absolute Gasteiger partial charge is 0.460 e. The zero-order valence-corrected chi connectivity index (χ0v) is 9.33. The van der Waals surface area contributed by atoms with Crippen LogP contribution in [0.15, 0.2) is 12.1 Å². The van der Waals surface area contributed by atoms with Crippen molar-refractivity contribution in [3.8, 4) is 0 Å². The van der Waals surface area contributed by atoms with Gasteiger partial charge in [0.25, 0.3) is 0 Å². The lowest BCUT2D eigenvalue weighted by atomic mass is 10.00. The van der Waals surface area contributed by atoms with E-state index < -0.39 is 0 Å². The lowest BCUT2D eigenvalue weighted by molar-refractivity contribution is 0.0432. The Kier molecular flexibility index (Phi) is 3.86. The lowest BCUT2D eigenvalue weighted by Gasteiger charge is -2.10. The maximum absolute atomic E-state index is 11.6. The quantitative estimate of drug-likeness (QED) is 0.770. The monoisotopic (exact) mass is 208 g/mol.